The summed E-state index contributed by atoms with van der Waals surface area (Å²) in [6.45, 7) is 5.34. The second-order valence-electron chi connectivity index (χ2n) is 8.77. The third-order valence-corrected chi connectivity index (χ3v) is 6.86. The van der Waals surface area contributed by atoms with Gasteiger partial charge in [-0.25, -0.2) is 0 Å². The van der Waals surface area contributed by atoms with Crippen LogP contribution < -0.4 is 0 Å². The zero-order valence-corrected chi connectivity index (χ0v) is 16.7. The average molecular weight is 337 g/mol. The van der Waals surface area contributed by atoms with Gasteiger partial charge in [0.1, 0.15) is 0 Å². The van der Waals surface area contributed by atoms with Crippen molar-refractivity contribution in [2.45, 2.75) is 123 Å². The second-order valence-corrected chi connectivity index (χ2v) is 8.77. The molecule has 0 amide bonds. The van der Waals surface area contributed by atoms with Crippen LogP contribution in [0.2, 0.25) is 0 Å². The number of unbranched alkanes of at least 4 members (excludes halogenated alkanes) is 4. The molecule has 0 atom stereocenters. The van der Waals surface area contributed by atoms with Crippen LogP contribution in [0.3, 0.4) is 0 Å². The van der Waals surface area contributed by atoms with E-state index in [1.54, 1.807) is 0 Å². The van der Waals surface area contributed by atoms with Gasteiger partial charge in [0.25, 0.3) is 0 Å². The molecule has 0 spiro atoms. The molecule has 0 aromatic heterocycles. The highest BCUT2D eigenvalue weighted by Crippen LogP contribution is 2.37. The lowest BCUT2D eigenvalue weighted by atomic mass is 9.76. The first kappa shape index (κ1) is 20.3. The second kappa shape index (κ2) is 12.3. The Hall–Kier alpha value is -0.0400. The molecule has 1 heteroatoms. The zero-order valence-electron chi connectivity index (χ0n) is 16.7. The monoisotopic (exact) mass is 336 g/mol. The number of ether oxygens (including phenoxy) is 1. The number of hydrogen-bond acceptors (Lipinski definition) is 1. The van der Waals surface area contributed by atoms with E-state index in [4.69, 9.17) is 4.74 Å². The van der Waals surface area contributed by atoms with Gasteiger partial charge >= 0.3 is 0 Å². The minimum absolute atomic E-state index is 0.582. The van der Waals surface area contributed by atoms with Crippen LogP contribution in [0.25, 0.3) is 0 Å². The maximum Gasteiger partial charge on any atom is 0.0575 e. The Kier molecular flexibility index (Phi) is 10.4. The van der Waals surface area contributed by atoms with Gasteiger partial charge in [0, 0.05) is 6.61 Å². The molecule has 0 radical (unpaired) electrons. The third kappa shape index (κ3) is 7.89. The first-order valence-electron chi connectivity index (χ1n) is 11.4. The SMILES string of the molecule is CCCCCCC[C@H]1CC[C@H](CC[C@H]2CC[C@H](OCC)CC2)CC1. The summed E-state index contributed by atoms with van der Waals surface area (Å²) in [7, 11) is 0. The molecule has 2 aliphatic rings. The predicted octanol–water partition coefficient (Wildman–Crippen LogP) is 7.53. The van der Waals surface area contributed by atoms with Gasteiger partial charge in [-0.3, -0.25) is 0 Å². The number of hydrogen-bond donors (Lipinski definition) is 0. The predicted molar refractivity (Wildman–Crippen MR) is 105 cm³/mol. The fourth-order valence-corrected chi connectivity index (χ4v) is 5.14. The van der Waals surface area contributed by atoms with E-state index in [-0.39, 0.29) is 0 Å². The maximum absolute atomic E-state index is 5.79. The Balaban J connectivity index is 1.48. The minimum Gasteiger partial charge on any atom is -0.379 e. The average Bonchev–Trinajstić information content (AvgIpc) is 2.62. The molecule has 0 aromatic carbocycles. The van der Waals surface area contributed by atoms with Crippen LogP contribution in [-0.2, 0) is 4.74 Å². The molecule has 0 aliphatic heterocycles. The quantitative estimate of drug-likeness (QED) is 0.354. The van der Waals surface area contributed by atoms with Crippen molar-refractivity contribution in [3.05, 3.63) is 0 Å². The topological polar surface area (TPSA) is 9.23 Å². The van der Waals surface area contributed by atoms with Gasteiger partial charge < -0.3 is 4.74 Å². The fraction of sp³-hybridized carbons (Fsp3) is 1.00. The molecule has 1 nitrogen and oxygen atoms in total. The molecule has 2 aliphatic carbocycles. The van der Waals surface area contributed by atoms with Crippen LogP contribution in [0.1, 0.15) is 117 Å². The van der Waals surface area contributed by atoms with Crippen LogP contribution in [0, 0.1) is 17.8 Å². The lowest BCUT2D eigenvalue weighted by molar-refractivity contribution is 0.0238. The Morgan fingerprint density at radius 2 is 1.08 bits per heavy atom. The van der Waals surface area contributed by atoms with E-state index in [0.29, 0.717) is 6.10 Å². The standard InChI is InChI=1S/C23H44O/c1-3-5-6-7-8-9-20-10-12-21(13-11-20)14-15-22-16-18-23(19-17-22)24-4-2/h20-23H,3-19H2,1-2H3/t20-,21-,22-,23-. The van der Waals surface area contributed by atoms with Gasteiger partial charge in [0.2, 0.25) is 0 Å². The van der Waals surface area contributed by atoms with E-state index < -0.39 is 0 Å². The highest BCUT2D eigenvalue weighted by molar-refractivity contribution is 4.77. The van der Waals surface area contributed by atoms with Crippen LogP contribution >= 0.6 is 0 Å². The van der Waals surface area contributed by atoms with E-state index in [0.717, 1.165) is 24.4 Å². The molecule has 0 saturated heterocycles. The summed E-state index contributed by atoms with van der Waals surface area (Å²) in [4.78, 5) is 0. The van der Waals surface area contributed by atoms with Gasteiger partial charge in [-0.1, -0.05) is 84.0 Å². The van der Waals surface area contributed by atoms with E-state index in [1.807, 2.05) is 0 Å². The van der Waals surface area contributed by atoms with Crippen molar-refractivity contribution in [3.8, 4) is 0 Å². The highest BCUT2D eigenvalue weighted by Gasteiger charge is 2.24. The van der Waals surface area contributed by atoms with Crippen molar-refractivity contribution in [3.63, 3.8) is 0 Å². The molecule has 2 fully saturated rings. The molecule has 0 unspecified atom stereocenters. The normalized spacial score (nSPS) is 31.2. The van der Waals surface area contributed by atoms with Gasteiger partial charge in [-0.15, -0.1) is 0 Å². The molecule has 2 saturated carbocycles. The summed E-state index contributed by atoms with van der Waals surface area (Å²) >= 11 is 0. The van der Waals surface area contributed by atoms with Crippen molar-refractivity contribution in [2.75, 3.05) is 6.61 Å². The van der Waals surface area contributed by atoms with Crippen LogP contribution in [0.15, 0.2) is 0 Å². The molecule has 0 heterocycles. The summed E-state index contributed by atoms with van der Waals surface area (Å²) in [6.07, 6.45) is 24.1. The molecular formula is C23H44O. The molecule has 0 N–H and O–H groups in total. The van der Waals surface area contributed by atoms with Gasteiger partial charge in [0.15, 0.2) is 0 Å². The maximum atomic E-state index is 5.79. The summed E-state index contributed by atoms with van der Waals surface area (Å²) in [5, 5.41) is 0. The van der Waals surface area contributed by atoms with Gasteiger partial charge in [-0.2, -0.15) is 0 Å². The molecule has 24 heavy (non-hydrogen) atoms. The smallest absolute Gasteiger partial charge is 0.0575 e. The molecule has 142 valence electrons. The first-order chi connectivity index (χ1) is 11.8. The molecular weight excluding hydrogens is 292 g/mol. The molecule has 0 bridgehead atoms. The summed E-state index contributed by atoms with van der Waals surface area (Å²) in [6, 6.07) is 0. The summed E-state index contributed by atoms with van der Waals surface area (Å²) in [5.74, 6) is 3.15. The Morgan fingerprint density at radius 1 is 0.583 bits per heavy atom. The largest absolute Gasteiger partial charge is 0.379 e. The van der Waals surface area contributed by atoms with Crippen molar-refractivity contribution < 1.29 is 4.74 Å². The van der Waals surface area contributed by atoms with Crippen molar-refractivity contribution in [1.29, 1.82) is 0 Å². The Bertz CT molecular complexity index is 284. The van der Waals surface area contributed by atoms with Gasteiger partial charge in [-0.05, 0) is 50.4 Å². The van der Waals surface area contributed by atoms with E-state index in [9.17, 15) is 0 Å². The van der Waals surface area contributed by atoms with Crippen LogP contribution in [0.5, 0.6) is 0 Å². The molecule has 2 rings (SSSR count). The lowest BCUT2D eigenvalue weighted by Gasteiger charge is -2.32. The molecule has 0 aromatic rings. The fourth-order valence-electron chi connectivity index (χ4n) is 5.14. The first-order valence-corrected chi connectivity index (χ1v) is 11.4. The van der Waals surface area contributed by atoms with Crippen molar-refractivity contribution >= 4 is 0 Å². The zero-order chi connectivity index (χ0) is 17.0. The minimum atomic E-state index is 0.582. The van der Waals surface area contributed by atoms with Crippen LogP contribution in [-0.4, -0.2) is 12.7 Å². The van der Waals surface area contributed by atoms with E-state index in [1.165, 1.54) is 103 Å². The Labute approximate surface area is 152 Å². The Morgan fingerprint density at radius 3 is 1.62 bits per heavy atom. The summed E-state index contributed by atoms with van der Waals surface area (Å²) < 4.78 is 5.79. The highest BCUT2D eigenvalue weighted by atomic mass is 16.5. The number of rotatable bonds is 11. The third-order valence-electron chi connectivity index (χ3n) is 6.86. The van der Waals surface area contributed by atoms with Gasteiger partial charge in [0.05, 0.1) is 6.10 Å². The van der Waals surface area contributed by atoms with E-state index >= 15 is 0 Å². The van der Waals surface area contributed by atoms with Crippen LogP contribution in [0.4, 0.5) is 0 Å². The summed E-state index contributed by atoms with van der Waals surface area (Å²) in [5.41, 5.74) is 0. The van der Waals surface area contributed by atoms with Crippen molar-refractivity contribution in [2.24, 2.45) is 17.8 Å². The lowest BCUT2D eigenvalue weighted by Crippen LogP contribution is -2.22. The van der Waals surface area contributed by atoms with E-state index in [2.05, 4.69) is 13.8 Å². The van der Waals surface area contributed by atoms with Crippen molar-refractivity contribution in [1.82, 2.24) is 0 Å².